The largest absolute Gasteiger partial charge is 0.496 e. The standard InChI is InChI=1S/C24H19IO2S/c1-16-10-13-18(14-11-16)28(26)22-9-5-8-21(27-2)24(22)23-19-7-4-3-6-17(19)12-15-20(23)25/h3-15H,1-2H3. The summed E-state index contributed by atoms with van der Waals surface area (Å²) in [6, 6.07) is 26.1. The molecule has 0 saturated carbocycles. The molecule has 0 heterocycles. The highest BCUT2D eigenvalue weighted by Gasteiger charge is 2.21. The minimum Gasteiger partial charge on any atom is -0.496 e. The molecule has 4 heteroatoms. The van der Waals surface area contributed by atoms with Crippen LogP contribution in [0.5, 0.6) is 5.75 Å². The third kappa shape index (κ3) is 3.47. The van der Waals surface area contributed by atoms with Crippen molar-refractivity contribution in [3.63, 3.8) is 0 Å². The van der Waals surface area contributed by atoms with Crippen LogP contribution in [0.15, 0.2) is 88.7 Å². The summed E-state index contributed by atoms with van der Waals surface area (Å²) in [5.41, 5.74) is 3.10. The predicted octanol–water partition coefficient (Wildman–Crippen LogP) is 6.60. The van der Waals surface area contributed by atoms with Crippen molar-refractivity contribution in [1.82, 2.24) is 0 Å². The van der Waals surface area contributed by atoms with Crippen LogP contribution in [0.3, 0.4) is 0 Å². The number of methoxy groups -OCH3 is 1. The van der Waals surface area contributed by atoms with Gasteiger partial charge in [-0.1, -0.05) is 54.1 Å². The van der Waals surface area contributed by atoms with Crippen molar-refractivity contribution in [3.8, 4) is 16.9 Å². The third-order valence-corrected chi connectivity index (χ3v) is 7.11. The van der Waals surface area contributed by atoms with E-state index in [2.05, 4.69) is 46.9 Å². The molecule has 0 aliphatic carbocycles. The van der Waals surface area contributed by atoms with Crippen molar-refractivity contribution in [2.75, 3.05) is 7.11 Å². The van der Waals surface area contributed by atoms with Crippen molar-refractivity contribution in [3.05, 3.63) is 88.0 Å². The first kappa shape index (κ1) is 19.2. The number of rotatable bonds is 4. The van der Waals surface area contributed by atoms with Crippen molar-refractivity contribution in [2.45, 2.75) is 16.7 Å². The fourth-order valence-electron chi connectivity index (χ4n) is 3.37. The van der Waals surface area contributed by atoms with Gasteiger partial charge in [0.1, 0.15) is 5.75 Å². The van der Waals surface area contributed by atoms with Crippen LogP contribution in [0.4, 0.5) is 0 Å². The average Bonchev–Trinajstić information content (AvgIpc) is 2.73. The highest BCUT2D eigenvalue weighted by atomic mass is 127. The normalized spacial score (nSPS) is 12.1. The maximum Gasteiger partial charge on any atom is 0.127 e. The molecule has 2 nitrogen and oxygen atoms in total. The summed E-state index contributed by atoms with van der Waals surface area (Å²) >= 11 is 2.35. The van der Waals surface area contributed by atoms with E-state index in [1.165, 1.54) is 0 Å². The molecule has 4 aromatic rings. The number of halogens is 1. The van der Waals surface area contributed by atoms with Crippen LogP contribution in [-0.4, -0.2) is 11.3 Å². The second-order valence-corrected chi connectivity index (χ2v) is 9.17. The summed E-state index contributed by atoms with van der Waals surface area (Å²) in [6.45, 7) is 2.03. The topological polar surface area (TPSA) is 26.3 Å². The Labute approximate surface area is 181 Å². The number of hydrogen-bond donors (Lipinski definition) is 0. The van der Waals surface area contributed by atoms with Crippen molar-refractivity contribution in [2.24, 2.45) is 0 Å². The number of fused-ring (bicyclic) bond motifs is 1. The molecule has 0 N–H and O–H groups in total. The van der Waals surface area contributed by atoms with Crippen LogP contribution >= 0.6 is 22.6 Å². The van der Waals surface area contributed by atoms with Gasteiger partial charge >= 0.3 is 0 Å². The van der Waals surface area contributed by atoms with Crippen molar-refractivity contribution in [1.29, 1.82) is 0 Å². The first-order chi connectivity index (χ1) is 13.6. The Morgan fingerprint density at radius 2 is 1.57 bits per heavy atom. The first-order valence-corrected chi connectivity index (χ1v) is 11.2. The summed E-state index contributed by atoms with van der Waals surface area (Å²) in [4.78, 5) is 1.55. The van der Waals surface area contributed by atoms with Crippen LogP contribution in [0.2, 0.25) is 0 Å². The van der Waals surface area contributed by atoms with E-state index in [1.807, 2.05) is 61.5 Å². The zero-order valence-electron chi connectivity index (χ0n) is 15.6. The minimum atomic E-state index is -1.31. The Hall–Kier alpha value is -2.18. The summed E-state index contributed by atoms with van der Waals surface area (Å²) in [7, 11) is 0.349. The first-order valence-electron chi connectivity index (χ1n) is 8.93. The molecule has 0 radical (unpaired) electrons. The van der Waals surface area contributed by atoms with E-state index < -0.39 is 10.8 Å². The molecular formula is C24H19IO2S. The number of hydrogen-bond acceptors (Lipinski definition) is 2. The van der Waals surface area contributed by atoms with Gasteiger partial charge in [0.25, 0.3) is 0 Å². The second kappa shape index (κ2) is 8.05. The Morgan fingerprint density at radius 1 is 0.821 bits per heavy atom. The van der Waals surface area contributed by atoms with Gasteiger partial charge in [0.15, 0.2) is 0 Å². The third-order valence-electron chi connectivity index (χ3n) is 4.77. The van der Waals surface area contributed by atoms with Gasteiger partial charge < -0.3 is 4.74 Å². The van der Waals surface area contributed by atoms with Crippen molar-refractivity contribution < 1.29 is 8.95 Å². The fourth-order valence-corrected chi connectivity index (χ4v) is 5.34. The summed E-state index contributed by atoms with van der Waals surface area (Å²) in [6.07, 6.45) is 0. The Bertz CT molecular complexity index is 1180. The lowest BCUT2D eigenvalue weighted by molar-refractivity contribution is 0.415. The van der Waals surface area contributed by atoms with Crippen LogP contribution in [-0.2, 0) is 10.8 Å². The highest BCUT2D eigenvalue weighted by molar-refractivity contribution is 14.1. The maximum atomic E-state index is 13.5. The lowest BCUT2D eigenvalue weighted by Crippen LogP contribution is -2.00. The summed E-state index contributed by atoms with van der Waals surface area (Å²) in [5.74, 6) is 0.729. The summed E-state index contributed by atoms with van der Waals surface area (Å²) in [5, 5.41) is 2.27. The quantitative estimate of drug-likeness (QED) is 0.297. The fraction of sp³-hybridized carbons (Fsp3) is 0.0833. The van der Waals surface area contributed by atoms with E-state index in [0.717, 1.165) is 46.6 Å². The molecule has 140 valence electrons. The smallest absolute Gasteiger partial charge is 0.127 e. The van der Waals surface area contributed by atoms with Crippen LogP contribution in [0.25, 0.3) is 21.9 Å². The van der Waals surface area contributed by atoms with E-state index in [0.29, 0.717) is 0 Å². The van der Waals surface area contributed by atoms with Gasteiger partial charge in [-0.05, 0) is 70.6 Å². The SMILES string of the molecule is COc1cccc(S(=O)c2ccc(C)cc2)c1-c1c(I)ccc2ccccc12. The minimum absolute atomic E-state index is 0.729. The van der Waals surface area contributed by atoms with Gasteiger partial charge in [-0.2, -0.15) is 0 Å². The molecular weight excluding hydrogens is 479 g/mol. The number of aryl methyl sites for hydroxylation is 1. The highest BCUT2D eigenvalue weighted by Crippen LogP contribution is 2.42. The van der Waals surface area contributed by atoms with Crippen LogP contribution in [0.1, 0.15) is 5.56 Å². The summed E-state index contributed by atoms with van der Waals surface area (Å²) < 4.78 is 20.3. The zero-order valence-corrected chi connectivity index (χ0v) is 18.6. The average molecular weight is 498 g/mol. The van der Waals surface area contributed by atoms with Gasteiger partial charge in [-0.3, -0.25) is 0 Å². The zero-order chi connectivity index (χ0) is 19.7. The molecule has 0 aliphatic rings. The van der Waals surface area contributed by atoms with Gasteiger partial charge in [0.05, 0.1) is 22.8 Å². The molecule has 0 aliphatic heterocycles. The Balaban J connectivity index is 2.02. The molecule has 0 amide bonds. The molecule has 1 unspecified atom stereocenters. The van der Waals surface area contributed by atoms with E-state index in [1.54, 1.807) is 7.11 Å². The van der Waals surface area contributed by atoms with E-state index >= 15 is 0 Å². The van der Waals surface area contributed by atoms with Gasteiger partial charge in [-0.15, -0.1) is 0 Å². The van der Waals surface area contributed by atoms with E-state index in [4.69, 9.17) is 4.74 Å². The lowest BCUT2D eigenvalue weighted by atomic mass is 9.97. The Morgan fingerprint density at radius 3 is 2.32 bits per heavy atom. The van der Waals surface area contributed by atoms with E-state index in [-0.39, 0.29) is 0 Å². The molecule has 0 saturated heterocycles. The predicted molar refractivity (Wildman–Crippen MR) is 125 cm³/mol. The molecule has 0 fully saturated rings. The monoisotopic (exact) mass is 498 g/mol. The number of benzene rings is 4. The molecule has 28 heavy (non-hydrogen) atoms. The van der Waals surface area contributed by atoms with E-state index in [9.17, 15) is 4.21 Å². The molecule has 4 rings (SSSR count). The van der Waals surface area contributed by atoms with Gasteiger partial charge in [0.2, 0.25) is 0 Å². The Kier molecular flexibility index (Phi) is 5.51. The molecule has 4 aromatic carbocycles. The molecule has 1 atom stereocenters. The molecule has 0 aromatic heterocycles. The van der Waals surface area contributed by atoms with Crippen LogP contribution < -0.4 is 4.74 Å². The number of ether oxygens (including phenoxy) is 1. The van der Waals surface area contributed by atoms with Gasteiger partial charge in [-0.25, -0.2) is 4.21 Å². The van der Waals surface area contributed by atoms with Gasteiger partial charge in [0, 0.05) is 19.6 Å². The molecule has 0 bridgehead atoms. The van der Waals surface area contributed by atoms with Crippen LogP contribution in [0, 0.1) is 10.5 Å². The maximum absolute atomic E-state index is 13.5. The van der Waals surface area contributed by atoms with Crippen molar-refractivity contribution >= 4 is 44.2 Å². The lowest BCUT2D eigenvalue weighted by Gasteiger charge is -2.17. The second-order valence-electron chi connectivity index (χ2n) is 6.56. The molecule has 0 spiro atoms.